The molecule has 0 bridgehead atoms. The molecule has 8 N–H and O–H groups in total. The van der Waals surface area contributed by atoms with Gasteiger partial charge in [0.1, 0.15) is 17.7 Å². The molecule has 34 heavy (non-hydrogen) atoms. The third kappa shape index (κ3) is 5.23. The van der Waals surface area contributed by atoms with Crippen molar-refractivity contribution in [3.05, 3.63) is 47.3 Å². The molecule has 0 saturated carbocycles. The first-order valence-electron chi connectivity index (χ1n) is 12.6. The van der Waals surface area contributed by atoms with Crippen LogP contribution in [0.25, 0.3) is 0 Å². The van der Waals surface area contributed by atoms with Crippen LogP contribution in [0, 0.1) is 0 Å². The summed E-state index contributed by atoms with van der Waals surface area (Å²) in [7, 11) is 1.50. The molecule has 1 amide bonds. The van der Waals surface area contributed by atoms with Crippen LogP contribution >= 0.6 is 0 Å². The number of amidine groups is 1. The maximum absolute atomic E-state index is 13.2. The van der Waals surface area contributed by atoms with Gasteiger partial charge in [-0.25, -0.2) is 0 Å². The molecule has 3 aliphatic rings. The Bertz CT molecular complexity index is 886. The van der Waals surface area contributed by atoms with Crippen LogP contribution in [0.4, 0.5) is 0 Å². The van der Waals surface area contributed by atoms with Gasteiger partial charge < -0.3 is 26.4 Å². The minimum atomic E-state index is -0.762. The number of carbonyl (C=O) groups is 1. The average Bonchev–Trinajstić information content (AvgIpc) is 3.14. The highest BCUT2D eigenvalue weighted by molar-refractivity contribution is 5.96. The van der Waals surface area contributed by atoms with Crippen LogP contribution in [0.3, 0.4) is 0 Å². The van der Waals surface area contributed by atoms with E-state index in [9.17, 15) is 9.90 Å². The van der Waals surface area contributed by atoms with Crippen molar-refractivity contribution in [1.82, 2.24) is 15.5 Å². The number of amides is 1. The van der Waals surface area contributed by atoms with Crippen molar-refractivity contribution in [2.45, 2.75) is 83.5 Å². The average molecular weight is 474 g/mol. The number of nitrogens with two attached hydrogens (primary N) is 2. The minimum Gasteiger partial charge on any atom is -0.388 e. The Balaban J connectivity index is 0.000000970. The van der Waals surface area contributed by atoms with Crippen molar-refractivity contribution in [1.29, 1.82) is 0 Å². The van der Waals surface area contributed by atoms with Crippen LogP contribution in [-0.4, -0.2) is 65.6 Å². The highest BCUT2D eigenvalue weighted by atomic mass is 16.3. The molecule has 2 heterocycles. The largest absolute Gasteiger partial charge is 0.388 e. The lowest BCUT2D eigenvalue weighted by atomic mass is 9.84. The molecule has 0 spiro atoms. The SMILES string of the molecule is C=C1NC[C@H]([NH+]=C(N)CC)C2(C)C(O)C(NC(=O)c3cccc4c3CCCC4)CN12.CC.CN. The summed E-state index contributed by atoms with van der Waals surface area (Å²) < 4.78 is 0. The van der Waals surface area contributed by atoms with E-state index in [0.29, 0.717) is 25.3 Å². The molecule has 0 aromatic heterocycles. The smallest absolute Gasteiger partial charge is 0.251 e. The van der Waals surface area contributed by atoms with Crippen molar-refractivity contribution >= 4 is 11.7 Å². The molecule has 3 unspecified atom stereocenters. The highest BCUT2D eigenvalue weighted by Gasteiger charge is 2.58. The molecule has 4 atom stereocenters. The van der Waals surface area contributed by atoms with E-state index < -0.39 is 17.7 Å². The van der Waals surface area contributed by atoms with E-state index in [0.717, 1.165) is 36.2 Å². The standard InChI is InChI=1S/C23H33N5O2.C2H6.CH5N/c1-4-20(24)27-19-12-25-14(2)28-13-18(21(29)23(19,28)3)26-22(30)17-11-7-9-15-8-5-6-10-16(15)17;2*1-2/h7,9,11,18-19,21,25,29H,2,4-6,8,10,12-13H2,1,3H3,(H2,24,27)(H,26,30);1-2H3;2H2,1H3/p+1/t18?,19-,21?,23?;;/m0../s1. The van der Waals surface area contributed by atoms with Gasteiger partial charge in [-0.05, 0) is 56.8 Å². The number of aliphatic hydroxyl groups is 1. The number of hydrogen-bond acceptors (Lipinski definition) is 5. The number of carbonyl (C=O) groups excluding carboxylic acids is 1. The minimum absolute atomic E-state index is 0.107. The van der Waals surface area contributed by atoms with Gasteiger partial charge in [-0.1, -0.05) is 39.5 Å². The molecule has 1 aromatic rings. The lowest BCUT2D eigenvalue weighted by molar-refractivity contribution is -0.525. The van der Waals surface area contributed by atoms with E-state index in [1.165, 1.54) is 19.0 Å². The Morgan fingerprint density at radius 2 is 2.00 bits per heavy atom. The van der Waals surface area contributed by atoms with Crippen LogP contribution in [0.5, 0.6) is 0 Å². The molecule has 0 radical (unpaired) electrons. The molecular formula is C26H45N6O2+. The number of aryl methyl sites for hydroxylation is 1. The number of nitrogens with one attached hydrogen (secondary N) is 3. The van der Waals surface area contributed by atoms with Gasteiger partial charge in [0.15, 0.2) is 0 Å². The summed E-state index contributed by atoms with van der Waals surface area (Å²) in [4.78, 5) is 18.6. The van der Waals surface area contributed by atoms with Gasteiger partial charge in [0.2, 0.25) is 5.84 Å². The summed E-state index contributed by atoms with van der Waals surface area (Å²) in [6, 6.07) is 5.48. The Hall–Kier alpha value is -2.58. The molecule has 2 saturated heterocycles. The van der Waals surface area contributed by atoms with Crippen molar-refractivity contribution in [3.63, 3.8) is 0 Å². The van der Waals surface area contributed by atoms with Gasteiger partial charge in [-0.15, -0.1) is 0 Å². The zero-order chi connectivity index (χ0) is 25.5. The van der Waals surface area contributed by atoms with E-state index in [1.807, 2.05) is 39.8 Å². The highest BCUT2D eigenvalue weighted by Crippen LogP contribution is 2.36. The van der Waals surface area contributed by atoms with Crippen LogP contribution in [0.2, 0.25) is 0 Å². The summed E-state index contributed by atoms with van der Waals surface area (Å²) in [5.74, 6) is 1.34. The zero-order valence-corrected chi connectivity index (χ0v) is 21.6. The first-order valence-corrected chi connectivity index (χ1v) is 12.6. The van der Waals surface area contributed by atoms with Gasteiger partial charge in [-0.3, -0.25) is 15.5 Å². The Morgan fingerprint density at radius 1 is 1.32 bits per heavy atom. The van der Waals surface area contributed by atoms with Crippen LogP contribution in [0.15, 0.2) is 30.6 Å². The second kappa shape index (κ2) is 12.2. The monoisotopic (exact) mass is 473 g/mol. The van der Waals surface area contributed by atoms with Crippen LogP contribution in [0.1, 0.15) is 68.4 Å². The topological polar surface area (TPSA) is 131 Å². The van der Waals surface area contributed by atoms with E-state index >= 15 is 0 Å². The quantitative estimate of drug-likeness (QED) is 0.269. The predicted octanol–water partition coefficient (Wildman–Crippen LogP) is -0.00910. The van der Waals surface area contributed by atoms with E-state index in [-0.39, 0.29) is 11.9 Å². The number of aliphatic hydroxyl groups excluding tert-OH is 1. The predicted molar refractivity (Wildman–Crippen MR) is 138 cm³/mol. The maximum atomic E-state index is 13.2. The van der Waals surface area contributed by atoms with E-state index in [1.54, 1.807) is 0 Å². The third-order valence-electron chi connectivity index (χ3n) is 7.18. The normalized spacial score (nSPS) is 27.7. The van der Waals surface area contributed by atoms with Gasteiger partial charge in [-0.2, -0.15) is 0 Å². The number of benzene rings is 1. The summed E-state index contributed by atoms with van der Waals surface area (Å²) in [6.45, 7) is 13.2. The van der Waals surface area contributed by atoms with Gasteiger partial charge in [0.05, 0.1) is 18.4 Å². The molecule has 8 nitrogen and oxygen atoms in total. The summed E-state index contributed by atoms with van der Waals surface area (Å²) in [5, 5.41) is 17.8. The third-order valence-corrected chi connectivity index (χ3v) is 7.18. The molecule has 1 aromatic carbocycles. The van der Waals surface area contributed by atoms with Crippen molar-refractivity contribution in [2.75, 3.05) is 20.1 Å². The van der Waals surface area contributed by atoms with Crippen LogP contribution in [-0.2, 0) is 12.8 Å². The Kier molecular flexibility index (Phi) is 9.94. The number of rotatable bonds is 4. The van der Waals surface area contributed by atoms with Crippen LogP contribution < -0.4 is 27.1 Å². The van der Waals surface area contributed by atoms with E-state index in [4.69, 9.17) is 5.73 Å². The first kappa shape index (κ1) is 27.7. The van der Waals surface area contributed by atoms with Gasteiger partial charge >= 0.3 is 0 Å². The Labute approximate surface area is 204 Å². The molecule has 2 fully saturated rings. The fourth-order valence-corrected chi connectivity index (χ4v) is 5.27. The molecule has 1 aliphatic carbocycles. The van der Waals surface area contributed by atoms with Gasteiger partial charge in [0, 0.05) is 18.5 Å². The molecule has 4 rings (SSSR count). The fraction of sp³-hybridized carbons (Fsp3) is 0.615. The van der Waals surface area contributed by atoms with Crippen molar-refractivity contribution < 1.29 is 14.9 Å². The fourth-order valence-electron chi connectivity index (χ4n) is 5.27. The summed E-state index contributed by atoms with van der Waals surface area (Å²) in [5.41, 5.74) is 13.1. The van der Waals surface area contributed by atoms with Crippen molar-refractivity contribution in [3.8, 4) is 0 Å². The molecule has 2 aliphatic heterocycles. The second-order valence-corrected chi connectivity index (χ2v) is 8.91. The van der Waals surface area contributed by atoms with Gasteiger partial charge in [0.25, 0.3) is 5.91 Å². The van der Waals surface area contributed by atoms with E-state index in [2.05, 4.69) is 38.9 Å². The number of hydrogen-bond donors (Lipinski definition) is 6. The maximum Gasteiger partial charge on any atom is 0.251 e. The zero-order valence-electron chi connectivity index (χ0n) is 21.6. The second-order valence-electron chi connectivity index (χ2n) is 8.91. The Morgan fingerprint density at radius 3 is 2.68 bits per heavy atom. The van der Waals surface area contributed by atoms with Crippen molar-refractivity contribution in [2.24, 2.45) is 11.5 Å². The number of nitrogens with zero attached hydrogens (tertiary/aromatic N) is 1. The number of fused-ring (bicyclic) bond motifs is 2. The summed E-state index contributed by atoms with van der Waals surface area (Å²) >= 11 is 0. The lowest BCUT2D eigenvalue weighted by Gasteiger charge is -2.46. The molecular weight excluding hydrogens is 428 g/mol. The lowest BCUT2D eigenvalue weighted by Crippen LogP contribution is -2.92. The molecule has 8 heteroatoms. The summed E-state index contributed by atoms with van der Waals surface area (Å²) in [6.07, 6.45) is 4.21. The molecule has 190 valence electrons. The first-order chi connectivity index (χ1) is 16.4.